The predicted molar refractivity (Wildman–Crippen MR) is 110 cm³/mol. The van der Waals surface area contributed by atoms with Crippen molar-refractivity contribution in [1.29, 1.82) is 0 Å². The molecule has 4 aromatic rings. The summed E-state index contributed by atoms with van der Waals surface area (Å²) in [6, 6.07) is 25.3. The van der Waals surface area contributed by atoms with E-state index in [0.717, 1.165) is 17.9 Å². The van der Waals surface area contributed by atoms with Gasteiger partial charge in [-0.3, -0.25) is 0 Å². The highest BCUT2D eigenvalue weighted by atomic mass is 15.1. The lowest BCUT2D eigenvalue weighted by atomic mass is 10.1. The number of imidazole rings is 1. The number of hydrogen-bond acceptors (Lipinski definition) is 1. The predicted octanol–water partition coefficient (Wildman–Crippen LogP) is 5.87. The van der Waals surface area contributed by atoms with Crippen LogP contribution in [0, 0.1) is 13.8 Å². The Morgan fingerprint density at radius 3 is 2.46 bits per heavy atom. The first-order valence-electron chi connectivity index (χ1n) is 8.95. The average Bonchev–Trinajstić information content (AvgIpc) is 3.01. The van der Waals surface area contributed by atoms with E-state index in [1.807, 2.05) is 12.1 Å². The third-order valence-electron chi connectivity index (χ3n) is 4.74. The van der Waals surface area contributed by atoms with E-state index in [4.69, 9.17) is 4.98 Å². The third kappa shape index (κ3) is 3.31. The minimum atomic E-state index is 0.822. The van der Waals surface area contributed by atoms with E-state index in [0.29, 0.717) is 0 Å². The minimum absolute atomic E-state index is 0.822. The van der Waals surface area contributed by atoms with Gasteiger partial charge in [0, 0.05) is 6.54 Å². The first-order valence-corrected chi connectivity index (χ1v) is 8.95. The summed E-state index contributed by atoms with van der Waals surface area (Å²) in [5, 5.41) is 0. The molecule has 0 aliphatic rings. The highest BCUT2D eigenvalue weighted by Crippen LogP contribution is 2.21. The molecule has 0 aliphatic carbocycles. The van der Waals surface area contributed by atoms with Crippen LogP contribution in [0.15, 0.2) is 72.8 Å². The molecule has 0 saturated heterocycles. The van der Waals surface area contributed by atoms with Gasteiger partial charge in [0.25, 0.3) is 0 Å². The maximum absolute atomic E-state index is 4.85. The van der Waals surface area contributed by atoms with Crippen molar-refractivity contribution in [3.63, 3.8) is 0 Å². The molecular weight excluding hydrogens is 316 g/mol. The van der Waals surface area contributed by atoms with Gasteiger partial charge >= 0.3 is 0 Å². The zero-order chi connectivity index (χ0) is 17.9. The molecule has 0 spiro atoms. The van der Waals surface area contributed by atoms with Crippen molar-refractivity contribution in [2.45, 2.75) is 20.4 Å². The van der Waals surface area contributed by atoms with E-state index in [1.165, 1.54) is 27.8 Å². The topological polar surface area (TPSA) is 17.8 Å². The standard InChI is InChI=1S/C24H22N2/c1-18-12-13-19(2)21(16-18)17-26-23-11-7-6-10-22(23)25-24(26)15-14-20-8-4-3-5-9-20/h3-16H,17H2,1-2H3. The number of benzene rings is 3. The maximum atomic E-state index is 4.85. The Kier molecular flexibility index (Phi) is 4.40. The molecule has 0 fully saturated rings. The third-order valence-corrected chi connectivity index (χ3v) is 4.74. The monoisotopic (exact) mass is 338 g/mol. The van der Waals surface area contributed by atoms with E-state index in [1.54, 1.807) is 0 Å². The van der Waals surface area contributed by atoms with Crippen LogP contribution in [-0.2, 0) is 6.54 Å². The number of rotatable bonds is 4. The normalized spacial score (nSPS) is 11.5. The quantitative estimate of drug-likeness (QED) is 0.455. The molecule has 0 radical (unpaired) electrons. The van der Waals surface area contributed by atoms with Gasteiger partial charge in [-0.15, -0.1) is 0 Å². The molecule has 4 rings (SSSR count). The van der Waals surface area contributed by atoms with Crippen LogP contribution in [0.4, 0.5) is 0 Å². The van der Waals surface area contributed by atoms with Crippen LogP contribution < -0.4 is 0 Å². The summed E-state index contributed by atoms with van der Waals surface area (Å²) in [7, 11) is 0. The van der Waals surface area contributed by atoms with Gasteiger partial charge in [-0.25, -0.2) is 4.98 Å². The highest BCUT2D eigenvalue weighted by Gasteiger charge is 2.10. The Labute approximate surface area is 154 Å². The molecule has 0 amide bonds. The lowest BCUT2D eigenvalue weighted by Crippen LogP contribution is -2.04. The zero-order valence-electron chi connectivity index (χ0n) is 15.2. The van der Waals surface area contributed by atoms with Gasteiger partial charge in [0.1, 0.15) is 5.82 Å². The van der Waals surface area contributed by atoms with Crippen LogP contribution in [0.3, 0.4) is 0 Å². The average molecular weight is 338 g/mol. The molecule has 1 heterocycles. The lowest BCUT2D eigenvalue weighted by molar-refractivity contribution is 0.807. The fraction of sp³-hybridized carbons (Fsp3) is 0.125. The van der Waals surface area contributed by atoms with Crippen molar-refractivity contribution in [2.24, 2.45) is 0 Å². The second-order valence-corrected chi connectivity index (χ2v) is 6.72. The van der Waals surface area contributed by atoms with Crippen LogP contribution in [0.25, 0.3) is 23.2 Å². The second-order valence-electron chi connectivity index (χ2n) is 6.72. The van der Waals surface area contributed by atoms with Gasteiger partial charge in [0.2, 0.25) is 0 Å². The first kappa shape index (κ1) is 16.3. The van der Waals surface area contributed by atoms with Gasteiger partial charge < -0.3 is 4.57 Å². The Balaban J connectivity index is 1.79. The Hall–Kier alpha value is -3.13. The summed E-state index contributed by atoms with van der Waals surface area (Å²) >= 11 is 0. The molecule has 0 saturated carbocycles. The molecule has 0 bridgehead atoms. The summed E-state index contributed by atoms with van der Waals surface area (Å²) in [5.41, 5.74) is 7.31. The van der Waals surface area contributed by atoms with E-state index in [2.05, 4.69) is 91.2 Å². The number of aromatic nitrogens is 2. The zero-order valence-corrected chi connectivity index (χ0v) is 15.2. The van der Waals surface area contributed by atoms with Crippen LogP contribution in [0.2, 0.25) is 0 Å². The number of para-hydroxylation sites is 2. The number of aryl methyl sites for hydroxylation is 2. The Morgan fingerprint density at radius 1 is 0.846 bits per heavy atom. The molecule has 128 valence electrons. The molecular formula is C24H22N2. The molecule has 0 N–H and O–H groups in total. The summed E-state index contributed by atoms with van der Waals surface area (Å²) in [6.07, 6.45) is 4.24. The molecule has 0 unspecified atom stereocenters. The van der Waals surface area contributed by atoms with Crippen molar-refractivity contribution < 1.29 is 0 Å². The molecule has 1 aromatic heterocycles. The van der Waals surface area contributed by atoms with Crippen molar-refractivity contribution in [1.82, 2.24) is 9.55 Å². The van der Waals surface area contributed by atoms with Gasteiger partial charge in [-0.1, -0.05) is 72.3 Å². The van der Waals surface area contributed by atoms with Gasteiger partial charge in [0.15, 0.2) is 0 Å². The number of nitrogens with zero attached hydrogens (tertiary/aromatic N) is 2. The highest BCUT2D eigenvalue weighted by molar-refractivity contribution is 5.80. The second kappa shape index (κ2) is 7.01. The van der Waals surface area contributed by atoms with Gasteiger partial charge in [-0.2, -0.15) is 0 Å². The van der Waals surface area contributed by atoms with Gasteiger partial charge in [-0.05, 0) is 48.7 Å². The maximum Gasteiger partial charge on any atom is 0.134 e. The van der Waals surface area contributed by atoms with E-state index < -0.39 is 0 Å². The van der Waals surface area contributed by atoms with Crippen molar-refractivity contribution in [3.05, 3.63) is 101 Å². The molecule has 26 heavy (non-hydrogen) atoms. The molecule has 0 aliphatic heterocycles. The molecule has 2 heteroatoms. The van der Waals surface area contributed by atoms with Crippen LogP contribution in [-0.4, -0.2) is 9.55 Å². The van der Waals surface area contributed by atoms with Gasteiger partial charge in [0.05, 0.1) is 11.0 Å². The lowest BCUT2D eigenvalue weighted by Gasteiger charge is -2.11. The van der Waals surface area contributed by atoms with Crippen molar-refractivity contribution in [2.75, 3.05) is 0 Å². The summed E-state index contributed by atoms with van der Waals surface area (Å²) in [5.74, 6) is 0.982. The fourth-order valence-electron chi connectivity index (χ4n) is 3.26. The van der Waals surface area contributed by atoms with Crippen molar-refractivity contribution in [3.8, 4) is 0 Å². The SMILES string of the molecule is Cc1ccc(C)c(Cn2c(C=Cc3ccccc3)nc3ccccc32)c1. The van der Waals surface area contributed by atoms with E-state index in [-0.39, 0.29) is 0 Å². The van der Waals surface area contributed by atoms with Crippen LogP contribution >= 0.6 is 0 Å². The summed E-state index contributed by atoms with van der Waals surface area (Å²) in [6.45, 7) is 5.14. The fourth-order valence-corrected chi connectivity index (χ4v) is 3.26. The summed E-state index contributed by atoms with van der Waals surface area (Å²) in [4.78, 5) is 4.85. The first-order chi connectivity index (χ1) is 12.7. The van der Waals surface area contributed by atoms with Crippen molar-refractivity contribution >= 4 is 23.2 Å². The number of hydrogen-bond donors (Lipinski definition) is 0. The Morgan fingerprint density at radius 2 is 1.62 bits per heavy atom. The van der Waals surface area contributed by atoms with Crippen LogP contribution in [0.5, 0.6) is 0 Å². The van der Waals surface area contributed by atoms with E-state index >= 15 is 0 Å². The smallest absolute Gasteiger partial charge is 0.134 e. The number of fused-ring (bicyclic) bond motifs is 1. The Bertz CT molecular complexity index is 1070. The molecule has 3 aromatic carbocycles. The molecule has 2 nitrogen and oxygen atoms in total. The minimum Gasteiger partial charge on any atom is -0.320 e. The van der Waals surface area contributed by atoms with E-state index in [9.17, 15) is 0 Å². The largest absolute Gasteiger partial charge is 0.320 e. The molecule has 0 atom stereocenters. The van der Waals surface area contributed by atoms with Crippen LogP contribution in [0.1, 0.15) is 28.1 Å². The summed E-state index contributed by atoms with van der Waals surface area (Å²) < 4.78 is 2.30.